The molecule has 0 aromatic heterocycles. The Morgan fingerprint density at radius 1 is 1.00 bits per heavy atom. The molecule has 5 nitrogen and oxygen atoms in total. The van der Waals surface area contributed by atoms with Crippen molar-refractivity contribution in [1.29, 1.82) is 0 Å². The maximum atomic E-state index is 12.4. The molecule has 2 aromatic carbocycles. The third kappa shape index (κ3) is 4.59. The van der Waals surface area contributed by atoms with E-state index in [1.807, 2.05) is 0 Å². The van der Waals surface area contributed by atoms with Gasteiger partial charge in [0.05, 0.1) is 12.2 Å². The summed E-state index contributed by atoms with van der Waals surface area (Å²) in [5, 5.41) is 1.68. The fourth-order valence-electron chi connectivity index (χ4n) is 2.60. The summed E-state index contributed by atoms with van der Waals surface area (Å²) in [6.07, 6.45) is 1.49. The van der Waals surface area contributed by atoms with Crippen LogP contribution in [-0.4, -0.2) is 25.9 Å². The van der Waals surface area contributed by atoms with Crippen molar-refractivity contribution in [3.05, 3.63) is 76.2 Å². The number of hydrogen-bond donors (Lipinski definition) is 0. The number of allylic oxidation sites excluding steroid dienone is 1. The summed E-state index contributed by atoms with van der Waals surface area (Å²) in [7, 11) is -3.19. The van der Waals surface area contributed by atoms with Crippen LogP contribution in [0.5, 0.6) is 5.75 Å². The molecule has 2 aromatic rings. The van der Waals surface area contributed by atoms with Gasteiger partial charge in [0.1, 0.15) is 5.75 Å². The van der Waals surface area contributed by atoms with Gasteiger partial charge in [-0.25, -0.2) is 8.42 Å². The first-order valence-electron chi connectivity index (χ1n) is 7.84. The molecule has 1 atom stereocenters. The molecule has 0 saturated carbocycles. The lowest BCUT2D eigenvalue weighted by Gasteiger charge is -2.08. The van der Waals surface area contributed by atoms with Gasteiger partial charge in [-0.15, -0.1) is 0 Å². The molecular weight excluding hydrogens is 376 g/mol. The monoisotopic (exact) mass is 390 g/mol. The molecule has 0 amide bonds. The van der Waals surface area contributed by atoms with Crippen LogP contribution in [0.25, 0.3) is 0 Å². The predicted octanol–water partition coefficient (Wildman–Crippen LogP) is 3.42. The van der Waals surface area contributed by atoms with Crippen LogP contribution in [0.2, 0.25) is 5.02 Å². The summed E-state index contributed by atoms with van der Waals surface area (Å²) < 4.78 is 27.9. The number of ketones is 1. The summed E-state index contributed by atoms with van der Waals surface area (Å²) in [6.45, 7) is 0. The summed E-state index contributed by atoms with van der Waals surface area (Å²) >= 11 is 5.81. The number of hydrogen-bond acceptors (Lipinski definition) is 5. The van der Waals surface area contributed by atoms with Gasteiger partial charge in [-0.2, -0.15) is 0 Å². The molecule has 0 N–H and O–H groups in total. The summed E-state index contributed by atoms with van der Waals surface area (Å²) in [5.41, 5.74) is 0.963. The molecule has 0 radical (unpaired) electrons. The molecule has 26 heavy (non-hydrogen) atoms. The number of ether oxygens (including phenoxy) is 1. The van der Waals surface area contributed by atoms with Crippen LogP contribution in [-0.2, 0) is 14.6 Å². The zero-order chi connectivity index (χ0) is 18.7. The van der Waals surface area contributed by atoms with Crippen molar-refractivity contribution in [2.75, 3.05) is 5.75 Å². The molecule has 1 aliphatic rings. The van der Waals surface area contributed by atoms with Crippen LogP contribution in [0.15, 0.2) is 60.0 Å². The highest BCUT2D eigenvalue weighted by Crippen LogP contribution is 2.21. The molecule has 7 heteroatoms. The van der Waals surface area contributed by atoms with E-state index >= 15 is 0 Å². The number of rotatable bonds is 5. The van der Waals surface area contributed by atoms with Crippen LogP contribution in [0.1, 0.15) is 22.3 Å². The topological polar surface area (TPSA) is 77.5 Å². The largest absolute Gasteiger partial charge is 0.427 e. The van der Waals surface area contributed by atoms with E-state index in [4.69, 9.17) is 16.3 Å². The van der Waals surface area contributed by atoms with Crippen LogP contribution < -0.4 is 4.74 Å². The summed E-state index contributed by atoms with van der Waals surface area (Å²) in [4.78, 5) is 24.3. The first-order chi connectivity index (χ1) is 12.3. The SMILES string of the molecule is O=C(C[C@H]1C=CS(=O)(=O)C1)Oc1ccc(C(=O)c2ccc(Cl)cc2)cc1. The lowest BCUT2D eigenvalue weighted by molar-refractivity contribution is -0.134. The zero-order valence-corrected chi connectivity index (χ0v) is 15.2. The van der Waals surface area contributed by atoms with Crippen molar-refractivity contribution in [1.82, 2.24) is 0 Å². The Bertz CT molecular complexity index is 960. The Morgan fingerprint density at radius 3 is 2.12 bits per heavy atom. The average Bonchev–Trinajstić information content (AvgIpc) is 2.94. The first-order valence-corrected chi connectivity index (χ1v) is 9.94. The van der Waals surface area contributed by atoms with Crippen LogP contribution in [0.3, 0.4) is 0 Å². The molecule has 0 bridgehead atoms. The van der Waals surface area contributed by atoms with E-state index in [0.717, 1.165) is 5.41 Å². The standard InChI is InChI=1S/C19H15ClO5S/c20-16-5-1-14(2-6-16)19(22)15-3-7-17(8-4-15)25-18(21)11-13-9-10-26(23,24)12-13/h1-10,13H,11-12H2/t13-/m1/s1. The number of carbonyl (C=O) groups is 2. The van der Waals surface area contributed by atoms with Crippen molar-refractivity contribution in [2.45, 2.75) is 6.42 Å². The minimum atomic E-state index is -3.19. The van der Waals surface area contributed by atoms with Gasteiger partial charge in [0.15, 0.2) is 15.6 Å². The Labute approximate surface area is 156 Å². The Morgan fingerprint density at radius 2 is 1.58 bits per heavy atom. The number of halogens is 1. The van der Waals surface area contributed by atoms with E-state index < -0.39 is 15.8 Å². The number of sulfone groups is 1. The highest BCUT2D eigenvalue weighted by molar-refractivity contribution is 7.94. The van der Waals surface area contributed by atoms with E-state index in [1.165, 1.54) is 18.2 Å². The van der Waals surface area contributed by atoms with E-state index in [0.29, 0.717) is 21.9 Å². The Balaban J connectivity index is 1.61. The first kappa shape index (κ1) is 18.4. The van der Waals surface area contributed by atoms with Crippen molar-refractivity contribution in [2.24, 2.45) is 5.92 Å². The molecule has 1 aliphatic heterocycles. The van der Waals surface area contributed by atoms with Gasteiger partial charge in [-0.3, -0.25) is 9.59 Å². The van der Waals surface area contributed by atoms with E-state index in [9.17, 15) is 18.0 Å². The summed E-state index contributed by atoms with van der Waals surface area (Å²) in [6, 6.07) is 12.8. The summed E-state index contributed by atoms with van der Waals surface area (Å²) in [5.74, 6) is -0.823. The van der Waals surface area contributed by atoms with E-state index in [2.05, 4.69) is 0 Å². The van der Waals surface area contributed by atoms with Gasteiger partial charge >= 0.3 is 5.97 Å². The second-order valence-electron chi connectivity index (χ2n) is 5.96. The third-order valence-corrected chi connectivity index (χ3v) is 5.60. The van der Waals surface area contributed by atoms with Gasteiger partial charge in [-0.1, -0.05) is 17.7 Å². The van der Waals surface area contributed by atoms with Gasteiger partial charge in [0.2, 0.25) is 0 Å². The van der Waals surface area contributed by atoms with E-state index in [-0.39, 0.29) is 23.9 Å². The molecule has 0 unspecified atom stereocenters. The normalized spacial score (nSPS) is 17.8. The second-order valence-corrected chi connectivity index (χ2v) is 8.32. The minimum Gasteiger partial charge on any atom is -0.427 e. The molecular formula is C19H15ClO5S. The van der Waals surface area contributed by atoms with Gasteiger partial charge in [0, 0.05) is 27.5 Å². The molecule has 134 valence electrons. The molecule has 0 spiro atoms. The number of benzene rings is 2. The Hall–Kier alpha value is -2.44. The molecule has 0 aliphatic carbocycles. The number of esters is 1. The van der Waals surface area contributed by atoms with Crippen molar-refractivity contribution >= 4 is 33.2 Å². The average molecular weight is 391 g/mol. The lowest BCUT2D eigenvalue weighted by Crippen LogP contribution is -2.15. The van der Waals surface area contributed by atoms with E-state index in [1.54, 1.807) is 36.4 Å². The fraction of sp³-hybridized carbons (Fsp3) is 0.158. The van der Waals surface area contributed by atoms with Crippen molar-refractivity contribution < 1.29 is 22.7 Å². The van der Waals surface area contributed by atoms with Crippen LogP contribution in [0, 0.1) is 5.92 Å². The van der Waals surface area contributed by atoms with Crippen molar-refractivity contribution in [3.8, 4) is 5.75 Å². The van der Waals surface area contributed by atoms with Crippen LogP contribution in [0.4, 0.5) is 0 Å². The highest BCUT2D eigenvalue weighted by Gasteiger charge is 2.24. The second kappa shape index (κ2) is 7.43. The smallest absolute Gasteiger partial charge is 0.311 e. The fourth-order valence-corrected chi connectivity index (χ4v) is 4.12. The Kier molecular flexibility index (Phi) is 5.25. The van der Waals surface area contributed by atoms with Gasteiger partial charge in [0.25, 0.3) is 0 Å². The lowest BCUT2D eigenvalue weighted by atomic mass is 10.0. The zero-order valence-electron chi connectivity index (χ0n) is 13.6. The van der Waals surface area contributed by atoms with Crippen molar-refractivity contribution in [3.63, 3.8) is 0 Å². The maximum Gasteiger partial charge on any atom is 0.311 e. The molecule has 3 rings (SSSR count). The molecule has 1 heterocycles. The van der Waals surface area contributed by atoms with Crippen LogP contribution >= 0.6 is 11.6 Å². The molecule has 0 saturated heterocycles. The van der Waals surface area contributed by atoms with Gasteiger partial charge < -0.3 is 4.74 Å². The number of carbonyl (C=O) groups excluding carboxylic acids is 2. The van der Waals surface area contributed by atoms with Gasteiger partial charge in [-0.05, 0) is 48.5 Å². The highest BCUT2D eigenvalue weighted by atomic mass is 35.5. The molecule has 0 fully saturated rings. The predicted molar refractivity (Wildman–Crippen MR) is 98.0 cm³/mol. The maximum absolute atomic E-state index is 12.4. The third-order valence-electron chi connectivity index (χ3n) is 3.89. The quantitative estimate of drug-likeness (QED) is 0.444. The minimum absolute atomic E-state index is 0.0127.